The van der Waals surface area contributed by atoms with Crippen LogP contribution in [0.5, 0.6) is 0 Å². The van der Waals surface area contributed by atoms with Crippen LogP contribution >= 0.6 is 0 Å². The summed E-state index contributed by atoms with van der Waals surface area (Å²) in [6.07, 6.45) is 4.27. The van der Waals surface area contributed by atoms with Gasteiger partial charge in [0.15, 0.2) is 5.82 Å². The lowest BCUT2D eigenvalue weighted by atomic mass is 9.86. The maximum atomic E-state index is 5.96. The molecular formula is C13H23N3O2. The van der Waals surface area contributed by atoms with E-state index in [2.05, 4.69) is 29.3 Å². The molecule has 0 amide bonds. The van der Waals surface area contributed by atoms with E-state index in [1.54, 1.807) is 0 Å². The monoisotopic (exact) mass is 253 g/mol. The minimum atomic E-state index is 0.0586. The van der Waals surface area contributed by atoms with E-state index in [4.69, 9.17) is 9.26 Å². The molecule has 0 radical (unpaired) electrons. The van der Waals surface area contributed by atoms with Crippen molar-refractivity contribution < 1.29 is 9.26 Å². The number of hydrogen-bond acceptors (Lipinski definition) is 5. The quantitative estimate of drug-likeness (QED) is 0.871. The molecule has 0 saturated carbocycles. The summed E-state index contributed by atoms with van der Waals surface area (Å²) in [5.74, 6) is 1.35. The first-order valence-electron chi connectivity index (χ1n) is 6.84. The molecule has 5 heteroatoms. The third kappa shape index (κ3) is 3.09. The van der Waals surface area contributed by atoms with E-state index in [0.717, 1.165) is 38.1 Å². The molecule has 5 nitrogen and oxygen atoms in total. The summed E-state index contributed by atoms with van der Waals surface area (Å²) in [6.45, 7) is 7.73. The molecule has 1 atom stereocenters. The molecule has 2 rings (SSSR count). The smallest absolute Gasteiger partial charge is 0.223 e. The summed E-state index contributed by atoms with van der Waals surface area (Å²) >= 11 is 0. The predicted octanol–water partition coefficient (Wildman–Crippen LogP) is 2.21. The van der Waals surface area contributed by atoms with Gasteiger partial charge >= 0.3 is 0 Å². The van der Waals surface area contributed by atoms with Crippen LogP contribution in [0.25, 0.3) is 0 Å². The van der Waals surface area contributed by atoms with E-state index < -0.39 is 0 Å². The highest BCUT2D eigenvalue weighted by atomic mass is 16.5. The number of aromatic nitrogens is 2. The zero-order valence-electron chi connectivity index (χ0n) is 11.5. The summed E-state index contributed by atoms with van der Waals surface area (Å²) in [5, 5.41) is 7.41. The Balaban J connectivity index is 1.86. The molecule has 102 valence electrons. The second kappa shape index (κ2) is 5.80. The van der Waals surface area contributed by atoms with Crippen molar-refractivity contribution in [1.29, 1.82) is 0 Å². The normalized spacial score (nSPS) is 23.2. The van der Waals surface area contributed by atoms with Gasteiger partial charge in [0, 0.05) is 19.6 Å². The van der Waals surface area contributed by atoms with Crippen LogP contribution in [-0.2, 0) is 11.3 Å². The minimum absolute atomic E-state index is 0.0586. The highest BCUT2D eigenvalue weighted by Crippen LogP contribution is 2.31. The molecule has 1 unspecified atom stereocenters. The second-order valence-electron chi connectivity index (χ2n) is 5.04. The lowest BCUT2D eigenvalue weighted by Gasteiger charge is -2.40. The van der Waals surface area contributed by atoms with Gasteiger partial charge in [-0.3, -0.25) is 0 Å². The number of rotatable bonds is 5. The van der Waals surface area contributed by atoms with Crippen LogP contribution in [0.2, 0.25) is 0 Å². The van der Waals surface area contributed by atoms with Gasteiger partial charge in [-0.25, -0.2) is 0 Å². The molecule has 18 heavy (non-hydrogen) atoms. The van der Waals surface area contributed by atoms with Crippen LogP contribution in [0.15, 0.2) is 4.52 Å². The van der Waals surface area contributed by atoms with Gasteiger partial charge in [-0.1, -0.05) is 19.0 Å². The number of nitrogens with one attached hydrogen (secondary N) is 1. The summed E-state index contributed by atoms with van der Waals surface area (Å²) in [4.78, 5) is 4.20. The Morgan fingerprint density at radius 3 is 2.78 bits per heavy atom. The molecule has 0 spiro atoms. The molecule has 1 saturated heterocycles. The molecule has 1 fully saturated rings. The fourth-order valence-corrected chi connectivity index (χ4v) is 2.59. The molecule has 1 aliphatic heterocycles. The SMILES string of the molecule is CCC1(CC)CC(NCc2noc(C)n2)CCO1. The van der Waals surface area contributed by atoms with Crippen molar-refractivity contribution in [3.8, 4) is 0 Å². The van der Waals surface area contributed by atoms with Crippen molar-refractivity contribution in [1.82, 2.24) is 15.5 Å². The van der Waals surface area contributed by atoms with Crippen LogP contribution in [0.3, 0.4) is 0 Å². The van der Waals surface area contributed by atoms with Gasteiger partial charge in [0.2, 0.25) is 5.89 Å². The zero-order valence-corrected chi connectivity index (χ0v) is 11.5. The molecule has 1 aromatic rings. The van der Waals surface area contributed by atoms with Crippen molar-refractivity contribution in [3.05, 3.63) is 11.7 Å². The van der Waals surface area contributed by atoms with E-state index in [9.17, 15) is 0 Å². The Bertz CT molecular complexity index is 374. The third-order valence-corrected chi connectivity index (χ3v) is 3.90. The van der Waals surface area contributed by atoms with E-state index >= 15 is 0 Å². The Morgan fingerprint density at radius 1 is 1.39 bits per heavy atom. The second-order valence-corrected chi connectivity index (χ2v) is 5.04. The van der Waals surface area contributed by atoms with E-state index in [1.807, 2.05) is 6.92 Å². The molecule has 1 aliphatic rings. The average Bonchev–Trinajstić information content (AvgIpc) is 2.82. The summed E-state index contributed by atoms with van der Waals surface area (Å²) in [7, 11) is 0. The largest absolute Gasteiger partial charge is 0.375 e. The molecular weight excluding hydrogens is 230 g/mol. The Hall–Kier alpha value is -0.940. The van der Waals surface area contributed by atoms with Gasteiger partial charge in [-0.2, -0.15) is 4.98 Å². The van der Waals surface area contributed by atoms with Crippen LogP contribution in [0, 0.1) is 6.92 Å². The minimum Gasteiger partial charge on any atom is -0.375 e. The first kappa shape index (κ1) is 13.5. The van der Waals surface area contributed by atoms with E-state index in [1.165, 1.54) is 0 Å². The average molecular weight is 253 g/mol. The topological polar surface area (TPSA) is 60.2 Å². The molecule has 0 aromatic carbocycles. The molecule has 0 bridgehead atoms. The van der Waals surface area contributed by atoms with Crippen LogP contribution in [0.1, 0.15) is 51.2 Å². The summed E-state index contributed by atoms with van der Waals surface area (Å²) in [6, 6.07) is 0.484. The molecule has 2 heterocycles. The summed E-state index contributed by atoms with van der Waals surface area (Å²) in [5.41, 5.74) is 0.0586. The Morgan fingerprint density at radius 2 is 2.17 bits per heavy atom. The molecule has 1 aromatic heterocycles. The Labute approximate surface area is 108 Å². The molecule has 0 aliphatic carbocycles. The van der Waals surface area contributed by atoms with Gasteiger partial charge in [-0.15, -0.1) is 0 Å². The number of ether oxygens (including phenoxy) is 1. The number of hydrogen-bond donors (Lipinski definition) is 1. The predicted molar refractivity (Wildman–Crippen MR) is 68.2 cm³/mol. The standard InChI is InChI=1S/C13H23N3O2/c1-4-13(5-2)8-11(6-7-17-13)14-9-12-15-10(3)18-16-12/h11,14H,4-9H2,1-3H3. The highest BCUT2D eigenvalue weighted by Gasteiger charge is 2.34. The van der Waals surface area contributed by atoms with Crippen molar-refractivity contribution in [2.24, 2.45) is 0 Å². The van der Waals surface area contributed by atoms with Gasteiger partial charge < -0.3 is 14.6 Å². The first-order chi connectivity index (χ1) is 8.67. The fourth-order valence-electron chi connectivity index (χ4n) is 2.59. The van der Waals surface area contributed by atoms with Gasteiger partial charge in [0.05, 0.1) is 12.1 Å². The number of aryl methyl sites for hydroxylation is 1. The van der Waals surface area contributed by atoms with Crippen molar-refractivity contribution >= 4 is 0 Å². The molecule has 1 N–H and O–H groups in total. The van der Waals surface area contributed by atoms with Crippen molar-refractivity contribution in [2.45, 2.75) is 64.6 Å². The summed E-state index contributed by atoms with van der Waals surface area (Å²) < 4.78 is 10.9. The lowest BCUT2D eigenvalue weighted by Crippen LogP contribution is -2.46. The van der Waals surface area contributed by atoms with Gasteiger partial charge in [-0.05, 0) is 25.7 Å². The van der Waals surface area contributed by atoms with Crippen LogP contribution in [0.4, 0.5) is 0 Å². The van der Waals surface area contributed by atoms with Gasteiger partial charge in [0.25, 0.3) is 0 Å². The zero-order chi connectivity index (χ0) is 13.0. The maximum Gasteiger partial charge on any atom is 0.223 e. The van der Waals surface area contributed by atoms with Crippen molar-refractivity contribution in [2.75, 3.05) is 6.61 Å². The van der Waals surface area contributed by atoms with Gasteiger partial charge in [0.1, 0.15) is 0 Å². The maximum absolute atomic E-state index is 5.96. The van der Waals surface area contributed by atoms with E-state index in [0.29, 0.717) is 18.5 Å². The Kier molecular flexibility index (Phi) is 4.35. The van der Waals surface area contributed by atoms with Crippen LogP contribution < -0.4 is 5.32 Å². The van der Waals surface area contributed by atoms with E-state index in [-0.39, 0.29) is 5.60 Å². The third-order valence-electron chi connectivity index (χ3n) is 3.90. The highest BCUT2D eigenvalue weighted by molar-refractivity contribution is 4.90. The lowest BCUT2D eigenvalue weighted by molar-refractivity contribution is -0.0932. The fraction of sp³-hybridized carbons (Fsp3) is 0.846. The number of nitrogens with zero attached hydrogens (tertiary/aromatic N) is 2. The van der Waals surface area contributed by atoms with Crippen LogP contribution in [-0.4, -0.2) is 28.4 Å². The first-order valence-corrected chi connectivity index (χ1v) is 6.84. The van der Waals surface area contributed by atoms with Crippen molar-refractivity contribution in [3.63, 3.8) is 0 Å².